The molecule has 1 aromatic rings. The zero-order valence-corrected chi connectivity index (χ0v) is 14.4. The number of carbonyl (C=O) groups is 3. The van der Waals surface area contributed by atoms with Crippen molar-refractivity contribution in [1.82, 2.24) is 4.98 Å². The molecule has 0 saturated carbocycles. The van der Waals surface area contributed by atoms with E-state index in [2.05, 4.69) is 4.98 Å². The Morgan fingerprint density at radius 1 is 1.22 bits per heavy atom. The summed E-state index contributed by atoms with van der Waals surface area (Å²) < 4.78 is 10.1. The van der Waals surface area contributed by atoms with E-state index in [1.807, 2.05) is 0 Å². The number of carbonyl (C=O) groups excluding carboxylic acids is 3. The highest BCUT2D eigenvalue weighted by molar-refractivity contribution is 6.04. The molecular formula is C17H23NO5. The number of ether oxygens (including phenoxy) is 2. The molecule has 6 nitrogen and oxygen atoms in total. The van der Waals surface area contributed by atoms with E-state index in [4.69, 9.17) is 9.47 Å². The van der Waals surface area contributed by atoms with E-state index in [0.29, 0.717) is 16.8 Å². The first-order valence-electron chi connectivity index (χ1n) is 7.45. The van der Waals surface area contributed by atoms with Crippen molar-refractivity contribution >= 4 is 17.7 Å². The van der Waals surface area contributed by atoms with E-state index in [1.54, 1.807) is 34.6 Å². The van der Waals surface area contributed by atoms with Crippen molar-refractivity contribution in [2.45, 2.75) is 47.6 Å². The van der Waals surface area contributed by atoms with Gasteiger partial charge in [0.2, 0.25) is 5.78 Å². The molecule has 0 aliphatic heterocycles. The average Bonchev–Trinajstić information content (AvgIpc) is 2.72. The van der Waals surface area contributed by atoms with Gasteiger partial charge in [-0.2, -0.15) is 0 Å². The van der Waals surface area contributed by atoms with Gasteiger partial charge in [-0.15, -0.1) is 0 Å². The van der Waals surface area contributed by atoms with Gasteiger partial charge in [-0.1, -0.05) is 5.57 Å². The summed E-state index contributed by atoms with van der Waals surface area (Å²) in [6, 6.07) is 0. The Morgan fingerprint density at radius 2 is 1.83 bits per heavy atom. The van der Waals surface area contributed by atoms with E-state index >= 15 is 0 Å². The molecule has 1 atom stereocenters. The Bertz CT molecular complexity index is 650. The molecule has 0 aliphatic rings. The fraction of sp³-hybridized carbons (Fsp3) is 0.471. The van der Waals surface area contributed by atoms with Gasteiger partial charge in [-0.3, -0.25) is 4.79 Å². The van der Waals surface area contributed by atoms with Gasteiger partial charge in [-0.25, -0.2) is 9.59 Å². The molecule has 1 aromatic heterocycles. The van der Waals surface area contributed by atoms with E-state index in [9.17, 15) is 14.4 Å². The minimum absolute atomic E-state index is 0.253. The quantitative estimate of drug-likeness (QED) is 0.494. The van der Waals surface area contributed by atoms with Crippen molar-refractivity contribution < 1.29 is 23.9 Å². The van der Waals surface area contributed by atoms with Crippen LogP contribution < -0.4 is 0 Å². The molecule has 0 spiro atoms. The normalized spacial score (nSPS) is 11.6. The van der Waals surface area contributed by atoms with Gasteiger partial charge in [0.25, 0.3) is 0 Å². The molecule has 0 saturated heterocycles. The summed E-state index contributed by atoms with van der Waals surface area (Å²) in [6.07, 6.45) is 0.366. The minimum Gasteiger partial charge on any atom is -0.462 e. The molecule has 0 fully saturated rings. The Morgan fingerprint density at radius 3 is 2.35 bits per heavy atom. The fourth-order valence-electron chi connectivity index (χ4n) is 2.21. The summed E-state index contributed by atoms with van der Waals surface area (Å²) in [5.74, 6) is -1.44. The van der Waals surface area contributed by atoms with E-state index in [-0.39, 0.29) is 12.3 Å². The lowest BCUT2D eigenvalue weighted by molar-refractivity contribution is -0.140. The summed E-state index contributed by atoms with van der Waals surface area (Å²) in [6.45, 7) is 10.3. The number of aromatic amines is 1. The van der Waals surface area contributed by atoms with Gasteiger partial charge in [0.1, 0.15) is 0 Å². The van der Waals surface area contributed by atoms with Crippen molar-refractivity contribution in [1.29, 1.82) is 0 Å². The largest absolute Gasteiger partial charge is 0.462 e. The molecule has 0 unspecified atom stereocenters. The Kier molecular flexibility index (Phi) is 6.30. The number of Topliss-reactive ketones (excluding diaryl/α,β-unsaturated/α-hetero) is 1. The maximum Gasteiger partial charge on any atom is 0.340 e. The van der Waals surface area contributed by atoms with Crippen LogP contribution in [0.5, 0.6) is 0 Å². The molecule has 0 bridgehead atoms. The number of hydrogen-bond acceptors (Lipinski definition) is 5. The second-order valence-corrected chi connectivity index (χ2v) is 5.51. The van der Waals surface area contributed by atoms with Crippen LogP contribution in [0.25, 0.3) is 0 Å². The van der Waals surface area contributed by atoms with Crippen LogP contribution in [0.3, 0.4) is 0 Å². The smallest absolute Gasteiger partial charge is 0.340 e. The number of rotatable bonds is 6. The molecule has 1 rings (SSSR count). The van der Waals surface area contributed by atoms with Gasteiger partial charge in [0, 0.05) is 11.8 Å². The van der Waals surface area contributed by atoms with Crippen LogP contribution in [0.15, 0.2) is 11.6 Å². The zero-order valence-electron chi connectivity index (χ0n) is 14.4. The SMILES string of the molecule is CCOC(=O)c1c(C)[nH]c(C(=O)[C@@H](C)OC(=O)C=C(C)C)c1C. The van der Waals surface area contributed by atoms with Crippen LogP contribution in [0.4, 0.5) is 0 Å². The monoisotopic (exact) mass is 321 g/mol. The van der Waals surface area contributed by atoms with Crippen LogP contribution in [0.2, 0.25) is 0 Å². The zero-order chi connectivity index (χ0) is 17.7. The van der Waals surface area contributed by atoms with Crippen molar-refractivity contribution in [3.05, 3.63) is 34.2 Å². The standard InChI is InChI=1S/C17H23NO5/c1-7-22-17(21)14-10(4)15(18-11(14)5)16(20)12(6)23-13(19)8-9(2)3/h8,12,18H,7H2,1-6H3/t12-/m1/s1. The number of ketones is 1. The van der Waals surface area contributed by atoms with Crippen LogP contribution >= 0.6 is 0 Å². The van der Waals surface area contributed by atoms with Gasteiger partial charge >= 0.3 is 11.9 Å². The Hall–Kier alpha value is -2.37. The molecule has 1 N–H and O–H groups in total. The highest BCUT2D eigenvalue weighted by Crippen LogP contribution is 2.21. The van der Waals surface area contributed by atoms with Crippen molar-refractivity contribution in [2.24, 2.45) is 0 Å². The predicted octanol–water partition coefficient (Wildman–Crippen LogP) is 2.89. The van der Waals surface area contributed by atoms with E-state index in [0.717, 1.165) is 5.57 Å². The predicted molar refractivity (Wildman–Crippen MR) is 85.5 cm³/mol. The van der Waals surface area contributed by atoms with Gasteiger partial charge < -0.3 is 14.5 Å². The van der Waals surface area contributed by atoms with Crippen molar-refractivity contribution in [3.63, 3.8) is 0 Å². The number of hydrogen-bond donors (Lipinski definition) is 1. The lowest BCUT2D eigenvalue weighted by atomic mass is 10.1. The van der Waals surface area contributed by atoms with Crippen LogP contribution in [0.1, 0.15) is 59.8 Å². The third-order valence-corrected chi connectivity index (χ3v) is 3.23. The van der Waals surface area contributed by atoms with Gasteiger partial charge in [0.05, 0.1) is 17.9 Å². The number of nitrogens with one attached hydrogen (secondary N) is 1. The molecular weight excluding hydrogens is 298 g/mol. The molecule has 126 valence electrons. The first-order chi connectivity index (χ1) is 10.7. The average molecular weight is 321 g/mol. The van der Waals surface area contributed by atoms with Gasteiger partial charge in [0.15, 0.2) is 6.10 Å². The fourth-order valence-corrected chi connectivity index (χ4v) is 2.21. The van der Waals surface area contributed by atoms with Crippen LogP contribution in [0, 0.1) is 13.8 Å². The van der Waals surface area contributed by atoms with E-state index < -0.39 is 23.8 Å². The summed E-state index contributed by atoms with van der Waals surface area (Å²) in [5, 5.41) is 0. The van der Waals surface area contributed by atoms with Crippen LogP contribution in [-0.4, -0.2) is 35.4 Å². The molecule has 0 radical (unpaired) electrons. The third-order valence-electron chi connectivity index (χ3n) is 3.23. The highest BCUT2D eigenvalue weighted by Gasteiger charge is 2.27. The number of allylic oxidation sites excluding steroid dienone is 1. The third kappa shape index (κ3) is 4.55. The topological polar surface area (TPSA) is 85.5 Å². The lowest BCUT2D eigenvalue weighted by Gasteiger charge is -2.11. The number of aryl methyl sites for hydroxylation is 1. The maximum atomic E-state index is 12.5. The number of aromatic nitrogens is 1. The van der Waals surface area contributed by atoms with Crippen molar-refractivity contribution in [3.8, 4) is 0 Å². The second-order valence-electron chi connectivity index (χ2n) is 5.51. The summed E-state index contributed by atoms with van der Waals surface area (Å²) in [5.41, 5.74) is 2.43. The van der Waals surface area contributed by atoms with Crippen molar-refractivity contribution in [2.75, 3.05) is 6.61 Å². The van der Waals surface area contributed by atoms with Crippen LogP contribution in [-0.2, 0) is 14.3 Å². The number of H-pyrrole nitrogens is 1. The summed E-state index contributed by atoms with van der Waals surface area (Å²) in [4.78, 5) is 38.9. The Balaban J connectivity index is 3.01. The first kappa shape index (κ1) is 18.7. The molecule has 0 aliphatic carbocycles. The first-order valence-corrected chi connectivity index (χ1v) is 7.45. The molecule has 23 heavy (non-hydrogen) atoms. The van der Waals surface area contributed by atoms with E-state index in [1.165, 1.54) is 13.0 Å². The summed E-state index contributed by atoms with van der Waals surface area (Å²) in [7, 11) is 0. The molecule has 6 heteroatoms. The highest BCUT2D eigenvalue weighted by atomic mass is 16.5. The lowest BCUT2D eigenvalue weighted by Crippen LogP contribution is -2.24. The van der Waals surface area contributed by atoms with Gasteiger partial charge in [-0.05, 0) is 47.1 Å². The molecule has 0 aromatic carbocycles. The summed E-state index contributed by atoms with van der Waals surface area (Å²) >= 11 is 0. The molecule has 1 heterocycles. The Labute approximate surface area is 135 Å². The second kappa shape index (κ2) is 7.76. The molecule has 0 amide bonds. The number of esters is 2. The minimum atomic E-state index is -0.954. The maximum absolute atomic E-state index is 12.5.